The van der Waals surface area contributed by atoms with E-state index in [1.54, 1.807) is 11.6 Å². The lowest BCUT2D eigenvalue weighted by Gasteiger charge is -2.23. The van der Waals surface area contributed by atoms with Gasteiger partial charge in [0, 0.05) is 18.8 Å². The van der Waals surface area contributed by atoms with E-state index in [1.165, 1.54) is 5.56 Å². The molecule has 3 N–H and O–H groups in total. The van der Waals surface area contributed by atoms with E-state index in [0.717, 1.165) is 37.4 Å². The first-order valence-corrected chi connectivity index (χ1v) is 9.41. The number of hydrogen-bond acceptors (Lipinski definition) is 5. The summed E-state index contributed by atoms with van der Waals surface area (Å²) in [7, 11) is 0. The first-order chi connectivity index (χ1) is 13.6. The monoisotopic (exact) mass is 398 g/mol. The molecule has 1 saturated heterocycles. The highest BCUT2D eigenvalue weighted by molar-refractivity contribution is 6.32. The van der Waals surface area contributed by atoms with Crippen LogP contribution in [0.2, 0.25) is 5.15 Å². The van der Waals surface area contributed by atoms with Crippen molar-refractivity contribution in [3.8, 4) is 5.69 Å². The van der Waals surface area contributed by atoms with E-state index in [2.05, 4.69) is 10.4 Å². The van der Waals surface area contributed by atoms with Crippen molar-refractivity contribution < 1.29 is 9.53 Å². The van der Waals surface area contributed by atoms with Crippen LogP contribution in [0.25, 0.3) is 5.69 Å². The molecule has 7 heteroatoms. The zero-order valence-corrected chi connectivity index (χ0v) is 16.4. The van der Waals surface area contributed by atoms with Gasteiger partial charge in [-0.15, -0.1) is 0 Å². The van der Waals surface area contributed by atoms with Gasteiger partial charge in [-0.25, -0.2) is 4.68 Å². The number of halogens is 1. The minimum absolute atomic E-state index is 0.189. The van der Waals surface area contributed by atoms with Gasteiger partial charge in [-0.3, -0.25) is 4.79 Å². The maximum absolute atomic E-state index is 10.8. The lowest BCUT2D eigenvalue weighted by Crippen LogP contribution is -2.33. The Hall–Kier alpha value is -2.67. The van der Waals surface area contributed by atoms with E-state index in [1.807, 2.05) is 54.6 Å². The van der Waals surface area contributed by atoms with E-state index in [9.17, 15) is 4.79 Å². The highest BCUT2D eigenvalue weighted by Gasteiger charge is 2.15. The van der Waals surface area contributed by atoms with Crippen molar-refractivity contribution in [3.63, 3.8) is 0 Å². The third kappa shape index (κ3) is 4.78. The molecular weight excluding hydrogens is 376 g/mol. The number of anilines is 1. The third-order valence-electron chi connectivity index (χ3n) is 4.40. The van der Waals surface area contributed by atoms with E-state index in [4.69, 9.17) is 22.1 Å². The van der Waals surface area contributed by atoms with E-state index >= 15 is 0 Å². The molecule has 28 heavy (non-hydrogen) atoms. The van der Waals surface area contributed by atoms with Crippen LogP contribution in [0.3, 0.4) is 0 Å². The number of nitrogens with two attached hydrogens (primary N) is 1. The molecule has 0 aliphatic carbocycles. The van der Waals surface area contributed by atoms with Gasteiger partial charge in [0.1, 0.15) is 5.15 Å². The number of aldehydes is 1. The molecule has 146 valence electrons. The third-order valence-corrected chi connectivity index (χ3v) is 4.77. The molecule has 1 unspecified atom stereocenters. The molecule has 2 heterocycles. The lowest BCUT2D eigenvalue weighted by molar-refractivity contribution is 0.0277. The number of aromatic nitrogens is 2. The number of hydrogen-bond donors (Lipinski definition) is 2. The molecule has 0 bridgehead atoms. The summed E-state index contributed by atoms with van der Waals surface area (Å²) in [4.78, 5) is 10.8. The fourth-order valence-corrected chi connectivity index (χ4v) is 3.19. The van der Waals surface area contributed by atoms with Crippen molar-refractivity contribution in [3.05, 3.63) is 76.6 Å². The van der Waals surface area contributed by atoms with Crippen molar-refractivity contribution in [2.75, 3.05) is 25.4 Å². The minimum atomic E-state index is 0.189. The molecule has 6 nitrogen and oxygen atoms in total. The molecule has 3 aromatic rings. The highest BCUT2D eigenvalue weighted by Crippen LogP contribution is 2.21. The van der Waals surface area contributed by atoms with Gasteiger partial charge < -0.3 is 15.8 Å². The zero-order chi connectivity index (χ0) is 19.9. The molecule has 0 amide bonds. The molecule has 0 radical (unpaired) electrons. The fourth-order valence-electron chi connectivity index (χ4n) is 2.88. The van der Waals surface area contributed by atoms with Crippen LogP contribution >= 0.6 is 11.6 Å². The Labute approximate surface area is 169 Å². The summed E-state index contributed by atoms with van der Waals surface area (Å²) in [6.07, 6.45) is 0.916. The Morgan fingerprint density at radius 1 is 1.21 bits per heavy atom. The molecule has 0 saturated carbocycles. The number of carbonyl (C=O) groups excluding carboxylic acids is 1. The average molecular weight is 399 g/mol. The fraction of sp³-hybridized carbons (Fsp3) is 0.238. The van der Waals surface area contributed by atoms with Crippen molar-refractivity contribution in [2.24, 2.45) is 0 Å². The zero-order valence-electron chi connectivity index (χ0n) is 15.6. The van der Waals surface area contributed by atoms with Crippen LogP contribution in [0, 0.1) is 6.92 Å². The number of para-hydroxylation sites is 1. The van der Waals surface area contributed by atoms with Crippen molar-refractivity contribution in [2.45, 2.75) is 13.0 Å². The highest BCUT2D eigenvalue weighted by atomic mass is 35.5. The van der Waals surface area contributed by atoms with Gasteiger partial charge in [0.25, 0.3) is 0 Å². The van der Waals surface area contributed by atoms with Gasteiger partial charge in [0.05, 0.1) is 29.7 Å². The summed E-state index contributed by atoms with van der Waals surface area (Å²) < 4.78 is 7.16. The van der Waals surface area contributed by atoms with Crippen LogP contribution in [-0.2, 0) is 4.74 Å². The van der Waals surface area contributed by atoms with Gasteiger partial charge >= 0.3 is 0 Å². The molecule has 1 aliphatic rings. The summed E-state index contributed by atoms with van der Waals surface area (Å²) in [6, 6.07) is 17.3. The van der Waals surface area contributed by atoms with Crippen LogP contribution in [0.1, 0.15) is 27.7 Å². The first-order valence-electron chi connectivity index (χ1n) is 9.03. The number of carbonyl (C=O) groups is 1. The van der Waals surface area contributed by atoms with Gasteiger partial charge in [-0.05, 0) is 36.8 Å². The van der Waals surface area contributed by atoms with E-state index in [0.29, 0.717) is 16.4 Å². The Kier molecular flexibility index (Phi) is 6.81. The molecule has 2 aromatic carbocycles. The van der Waals surface area contributed by atoms with Crippen LogP contribution in [0.15, 0.2) is 54.6 Å². The second kappa shape index (κ2) is 9.50. The second-order valence-electron chi connectivity index (χ2n) is 6.39. The van der Waals surface area contributed by atoms with Gasteiger partial charge in [0.2, 0.25) is 0 Å². The second-order valence-corrected chi connectivity index (χ2v) is 6.74. The predicted octanol–water partition coefficient (Wildman–Crippen LogP) is 3.58. The number of ether oxygens (including phenoxy) is 1. The van der Waals surface area contributed by atoms with Gasteiger partial charge in [0.15, 0.2) is 6.29 Å². The van der Waals surface area contributed by atoms with Crippen molar-refractivity contribution in [1.82, 2.24) is 15.1 Å². The number of benzene rings is 2. The summed E-state index contributed by atoms with van der Waals surface area (Å²) in [6.45, 7) is 4.39. The van der Waals surface area contributed by atoms with E-state index < -0.39 is 0 Å². The largest absolute Gasteiger partial charge is 0.399 e. The summed E-state index contributed by atoms with van der Waals surface area (Å²) in [5, 5.41) is 7.85. The minimum Gasteiger partial charge on any atom is -0.399 e. The van der Waals surface area contributed by atoms with Gasteiger partial charge in [-0.2, -0.15) is 5.10 Å². The number of rotatable bonds is 3. The quantitative estimate of drug-likeness (QED) is 0.520. The molecule has 1 fully saturated rings. The van der Waals surface area contributed by atoms with Crippen molar-refractivity contribution in [1.29, 1.82) is 0 Å². The molecule has 1 atom stereocenters. The maximum atomic E-state index is 10.8. The Morgan fingerprint density at radius 2 is 1.93 bits per heavy atom. The van der Waals surface area contributed by atoms with Crippen molar-refractivity contribution >= 4 is 23.6 Å². The molecule has 4 rings (SSSR count). The molecule has 1 aliphatic heterocycles. The maximum Gasteiger partial charge on any atom is 0.155 e. The predicted molar refractivity (Wildman–Crippen MR) is 111 cm³/mol. The summed E-state index contributed by atoms with van der Waals surface area (Å²) in [5.74, 6) is 0. The topological polar surface area (TPSA) is 82.2 Å². The number of nitrogen functional groups attached to an aromatic ring is 1. The first kappa shape index (κ1) is 20.1. The molecule has 0 spiro atoms. The Morgan fingerprint density at radius 3 is 2.50 bits per heavy atom. The number of nitrogens with one attached hydrogen (secondary N) is 1. The Balaban J connectivity index is 0.000000162. The Bertz CT molecular complexity index is 904. The molecule has 1 aromatic heterocycles. The summed E-state index contributed by atoms with van der Waals surface area (Å²) >= 11 is 6.03. The standard InChI is InChI=1S/C11H9ClN2O.C10H14N2O/c1-8-10(7-15)11(12)14(13-8)9-5-3-2-4-6-9;11-9-3-1-8(2-4-9)10-7-12-5-6-13-10/h2-7H,1H3;1-4,10,12H,5-7,11H2. The van der Waals surface area contributed by atoms with E-state index in [-0.39, 0.29) is 6.10 Å². The average Bonchev–Trinajstić information content (AvgIpc) is 3.03. The summed E-state index contributed by atoms with van der Waals surface area (Å²) in [5.41, 5.74) is 9.52. The van der Waals surface area contributed by atoms with Crippen LogP contribution in [0.4, 0.5) is 5.69 Å². The van der Waals surface area contributed by atoms with Crippen LogP contribution in [-0.4, -0.2) is 35.8 Å². The number of morpholine rings is 1. The number of aryl methyl sites for hydroxylation is 1. The SMILES string of the molecule is Cc1nn(-c2ccccc2)c(Cl)c1C=O.Nc1ccc(C2CNCCO2)cc1. The van der Waals surface area contributed by atoms with Crippen LogP contribution < -0.4 is 11.1 Å². The normalized spacial score (nSPS) is 16.1. The van der Waals surface area contributed by atoms with Crippen LogP contribution in [0.5, 0.6) is 0 Å². The smallest absolute Gasteiger partial charge is 0.155 e. The molecular formula is C21H23ClN4O2. The number of nitrogens with zero attached hydrogens (tertiary/aromatic N) is 2. The lowest BCUT2D eigenvalue weighted by atomic mass is 10.1. The van der Waals surface area contributed by atoms with Gasteiger partial charge in [-0.1, -0.05) is 41.9 Å².